The number of rotatable bonds is 5. The van der Waals surface area contributed by atoms with E-state index in [0.717, 1.165) is 46.3 Å². The second-order valence-electron chi connectivity index (χ2n) is 7.81. The number of carbonyl (C=O) groups excluding carboxylic acids is 1. The minimum absolute atomic E-state index is 0.00279. The summed E-state index contributed by atoms with van der Waals surface area (Å²) in [6, 6.07) is 6.15. The van der Waals surface area contributed by atoms with E-state index in [4.69, 9.17) is 0 Å². The second-order valence-corrected chi connectivity index (χ2v) is 8.90. The third kappa shape index (κ3) is 3.73. The van der Waals surface area contributed by atoms with Gasteiger partial charge in [-0.05, 0) is 69.2 Å². The van der Waals surface area contributed by atoms with Crippen molar-refractivity contribution in [3.8, 4) is 0 Å². The molecule has 1 aliphatic rings. The maximum Gasteiger partial charge on any atom is 0.262 e. The van der Waals surface area contributed by atoms with Gasteiger partial charge in [0.1, 0.15) is 4.83 Å². The number of hydrogen-bond donors (Lipinski definition) is 0. The number of nitrogens with zero attached hydrogens (tertiary/aromatic N) is 3. The van der Waals surface area contributed by atoms with Gasteiger partial charge in [-0.1, -0.05) is 12.1 Å². The molecule has 0 N–H and O–H groups in total. The average molecular weight is 410 g/mol. The molecule has 3 aromatic rings. The van der Waals surface area contributed by atoms with Gasteiger partial charge in [0.25, 0.3) is 5.56 Å². The summed E-state index contributed by atoms with van der Waals surface area (Å²) in [5, 5.41) is 0.779. The second kappa shape index (κ2) is 8.11. The molecule has 4 rings (SSSR count). The quantitative estimate of drug-likeness (QED) is 0.628. The van der Waals surface area contributed by atoms with Gasteiger partial charge in [-0.3, -0.25) is 14.2 Å². The van der Waals surface area contributed by atoms with E-state index in [1.54, 1.807) is 22.2 Å². The predicted molar refractivity (Wildman–Crippen MR) is 119 cm³/mol. The molecule has 1 amide bonds. The topological polar surface area (TPSA) is 55.2 Å². The first-order valence-corrected chi connectivity index (χ1v) is 11.2. The van der Waals surface area contributed by atoms with Crippen molar-refractivity contribution < 1.29 is 4.79 Å². The van der Waals surface area contributed by atoms with Crippen LogP contribution in [0.2, 0.25) is 0 Å². The molecular formula is C23H27N3O2S. The fourth-order valence-electron chi connectivity index (χ4n) is 4.18. The van der Waals surface area contributed by atoms with Crippen LogP contribution in [0.1, 0.15) is 47.8 Å². The molecule has 5 nitrogen and oxygen atoms in total. The van der Waals surface area contributed by atoms with E-state index in [1.807, 2.05) is 37.8 Å². The molecule has 6 heteroatoms. The Balaban J connectivity index is 1.57. The normalized spacial score (nSPS) is 13.5. The lowest BCUT2D eigenvalue weighted by atomic mass is 9.97. The Kier molecular flexibility index (Phi) is 5.54. The first-order chi connectivity index (χ1) is 14.0. The molecule has 1 aliphatic carbocycles. The minimum Gasteiger partial charge on any atom is -0.312 e. The molecule has 0 atom stereocenters. The lowest BCUT2D eigenvalue weighted by Gasteiger charge is -2.23. The summed E-state index contributed by atoms with van der Waals surface area (Å²) in [4.78, 5) is 34.5. The SMILES string of the molecule is CCN(C(=O)CCn1cnc2sc3c(c2c1=O)CCCC3)c1cc(C)ccc1C. The van der Waals surface area contributed by atoms with Crippen molar-refractivity contribution in [2.45, 2.75) is 59.4 Å². The van der Waals surface area contributed by atoms with Crippen molar-refractivity contribution in [2.75, 3.05) is 11.4 Å². The Bertz CT molecular complexity index is 1130. The summed E-state index contributed by atoms with van der Waals surface area (Å²) < 4.78 is 1.61. The highest BCUT2D eigenvalue weighted by Gasteiger charge is 2.21. The van der Waals surface area contributed by atoms with Crippen molar-refractivity contribution in [3.05, 3.63) is 56.4 Å². The van der Waals surface area contributed by atoms with Crippen LogP contribution in [0, 0.1) is 13.8 Å². The largest absolute Gasteiger partial charge is 0.312 e. The van der Waals surface area contributed by atoms with Gasteiger partial charge in [-0.25, -0.2) is 4.98 Å². The van der Waals surface area contributed by atoms with Crippen LogP contribution in [0.3, 0.4) is 0 Å². The first kappa shape index (κ1) is 19.8. The summed E-state index contributed by atoms with van der Waals surface area (Å²) in [5.74, 6) is 0.0283. The Morgan fingerprint density at radius 2 is 2.03 bits per heavy atom. The zero-order valence-electron chi connectivity index (χ0n) is 17.3. The maximum absolute atomic E-state index is 13.1. The molecule has 0 saturated heterocycles. The van der Waals surface area contributed by atoms with Crippen LogP contribution in [0.25, 0.3) is 10.2 Å². The highest BCUT2D eigenvalue weighted by atomic mass is 32.1. The zero-order chi connectivity index (χ0) is 20.5. The van der Waals surface area contributed by atoms with E-state index in [9.17, 15) is 9.59 Å². The number of aryl methyl sites for hydroxylation is 5. The number of thiophene rings is 1. The summed E-state index contributed by atoms with van der Waals surface area (Å²) in [7, 11) is 0. The lowest BCUT2D eigenvalue weighted by Crippen LogP contribution is -2.33. The highest BCUT2D eigenvalue weighted by molar-refractivity contribution is 7.18. The lowest BCUT2D eigenvalue weighted by molar-refractivity contribution is -0.118. The highest BCUT2D eigenvalue weighted by Crippen LogP contribution is 2.33. The third-order valence-electron chi connectivity index (χ3n) is 5.78. The van der Waals surface area contributed by atoms with E-state index >= 15 is 0 Å². The summed E-state index contributed by atoms with van der Waals surface area (Å²) in [6.07, 6.45) is 6.22. The molecule has 0 spiro atoms. The van der Waals surface area contributed by atoms with Crippen LogP contribution >= 0.6 is 11.3 Å². The van der Waals surface area contributed by atoms with Crippen LogP contribution < -0.4 is 10.5 Å². The van der Waals surface area contributed by atoms with Gasteiger partial charge < -0.3 is 4.90 Å². The fourth-order valence-corrected chi connectivity index (χ4v) is 5.40. The molecule has 2 heterocycles. The van der Waals surface area contributed by atoms with Crippen LogP contribution in [0.5, 0.6) is 0 Å². The van der Waals surface area contributed by atoms with Crippen molar-refractivity contribution >= 4 is 33.1 Å². The number of anilines is 1. The van der Waals surface area contributed by atoms with Crippen molar-refractivity contribution in [3.63, 3.8) is 0 Å². The van der Waals surface area contributed by atoms with Crippen molar-refractivity contribution in [2.24, 2.45) is 0 Å². The van der Waals surface area contributed by atoms with E-state index < -0.39 is 0 Å². The zero-order valence-corrected chi connectivity index (χ0v) is 18.1. The molecule has 0 fully saturated rings. The number of aromatic nitrogens is 2. The molecule has 0 aliphatic heterocycles. The molecule has 152 valence electrons. The molecule has 29 heavy (non-hydrogen) atoms. The minimum atomic E-state index is -0.00279. The number of fused-ring (bicyclic) bond motifs is 3. The molecular weight excluding hydrogens is 382 g/mol. The predicted octanol–water partition coefficient (Wildman–Crippen LogP) is 4.40. The van der Waals surface area contributed by atoms with Gasteiger partial charge in [0.2, 0.25) is 5.91 Å². The first-order valence-electron chi connectivity index (χ1n) is 10.4. The van der Waals surface area contributed by atoms with Gasteiger partial charge in [0.05, 0.1) is 11.7 Å². The van der Waals surface area contributed by atoms with E-state index in [1.165, 1.54) is 16.9 Å². The van der Waals surface area contributed by atoms with Crippen molar-refractivity contribution in [1.82, 2.24) is 9.55 Å². The molecule has 1 aromatic carbocycles. The summed E-state index contributed by atoms with van der Waals surface area (Å²) >= 11 is 1.66. The van der Waals surface area contributed by atoms with Gasteiger partial charge in [0.15, 0.2) is 0 Å². The molecule has 0 bridgehead atoms. The monoisotopic (exact) mass is 409 g/mol. The Morgan fingerprint density at radius 3 is 2.83 bits per heavy atom. The van der Waals surface area contributed by atoms with Gasteiger partial charge in [-0.15, -0.1) is 11.3 Å². The van der Waals surface area contributed by atoms with Gasteiger partial charge in [-0.2, -0.15) is 0 Å². The molecule has 0 radical (unpaired) electrons. The number of hydrogen-bond acceptors (Lipinski definition) is 4. The summed E-state index contributed by atoms with van der Waals surface area (Å²) in [5.41, 5.74) is 4.35. The van der Waals surface area contributed by atoms with Gasteiger partial charge in [0, 0.05) is 30.1 Å². The number of carbonyl (C=O) groups is 1. The molecule has 2 aromatic heterocycles. The van der Waals surface area contributed by atoms with Crippen LogP contribution in [0.4, 0.5) is 5.69 Å². The van der Waals surface area contributed by atoms with Crippen molar-refractivity contribution in [1.29, 1.82) is 0 Å². The van der Waals surface area contributed by atoms with Crippen LogP contribution in [-0.2, 0) is 24.2 Å². The van der Waals surface area contributed by atoms with Crippen LogP contribution in [0.15, 0.2) is 29.3 Å². The molecule has 0 saturated carbocycles. The summed E-state index contributed by atoms with van der Waals surface area (Å²) in [6.45, 7) is 6.99. The average Bonchev–Trinajstić information content (AvgIpc) is 3.10. The smallest absolute Gasteiger partial charge is 0.262 e. The van der Waals surface area contributed by atoms with Gasteiger partial charge >= 0.3 is 0 Å². The Hall–Kier alpha value is -2.47. The van der Waals surface area contributed by atoms with E-state index in [-0.39, 0.29) is 17.9 Å². The maximum atomic E-state index is 13.1. The number of benzene rings is 1. The molecule has 0 unspecified atom stereocenters. The standard InChI is InChI=1S/C23H27N3O2S/c1-4-26(18-13-15(2)9-10-16(18)3)20(27)11-12-25-14-24-22-21(23(25)28)17-7-5-6-8-19(17)29-22/h9-10,13-14H,4-8,11-12H2,1-3H3. The Labute approximate surface area is 175 Å². The van der Waals surface area contributed by atoms with Crippen LogP contribution in [-0.4, -0.2) is 22.0 Å². The third-order valence-corrected chi connectivity index (χ3v) is 6.98. The number of amides is 1. The fraction of sp³-hybridized carbons (Fsp3) is 0.435. The van der Waals surface area contributed by atoms with E-state index in [2.05, 4.69) is 11.1 Å². The Morgan fingerprint density at radius 1 is 1.24 bits per heavy atom. The van der Waals surface area contributed by atoms with E-state index in [0.29, 0.717) is 13.1 Å².